The van der Waals surface area contributed by atoms with Crippen LogP contribution in [-0.4, -0.2) is 29.2 Å². The third kappa shape index (κ3) is 3.22. The smallest absolute Gasteiger partial charge is 0.131 e. The summed E-state index contributed by atoms with van der Waals surface area (Å²) in [6, 6.07) is 3.24. The fourth-order valence-electron chi connectivity index (χ4n) is 1.91. The lowest BCUT2D eigenvalue weighted by atomic mass is 10.1. The Labute approximate surface area is 110 Å². The molecule has 1 unspecified atom stereocenters. The molecule has 1 fully saturated rings. The van der Waals surface area contributed by atoms with E-state index in [4.69, 9.17) is 0 Å². The van der Waals surface area contributed by atoms with Crippen LogP contribution in [-0.2, 0) is 0 Å². The van der Waals surface area contributed by atoms with Crippen LogP contribution in [0.1, 0.15) is 24.5 Å². The van der Waals surface area contributed by atoms with Crippen LogP contribution in [0.5, 0.6) is 0 Å². The van der Waals surface area contributed by atoms with Gasteiger partial charge in [-0.2, -0.15) is 11.8 Å². The second-order valence-corrected chi connectivity index (χ2v) is 5.97. The number of hydrogen-bond acceptors (Lipinski definition) is 3. The van der Waals surface area contributed by atoms with Crippen molar-refractivity contribution < 1.29 is 13.9 Å². The summed E-state index contributed by atoms with van der Waals surface area (Å²) < 4.78 is 26.4. The summed E-state index contributed by atoms with van der Waals surface area (Å²) in [6.07, 6.45) is 3.50. The Hall–Kier alpha value is -0.650. The largest absolute Gasteiger partial charge is 0.387 e. The van der Waals surface area contributed by atoms with Gasteiger partial charge < -0.3 is 10.4 Å². The average Bonchev–Trinajstić information content (AvgIpc) is 3.09. The molecule has 2 rings (SSSR count). The molecule has 0 aliphatic heterocycles. The summed E-state index contributed by atoms with van der Waals surface area (Å²) in [5.41, 5.74) is 0.137. The van der Waals surface area contributed by atoms with Crippen LogP contribution < -0.4 is 5.32 Å². The van der Waals surface area contributed by atoms with Crippen molar-refractivity contribution in [3.63, 3.8) is 0 Å². The fourth-order valence-corrected chi connectivity index (χ4v) is 2.67. The molecule has 0 spiro atoms. The summed E-state index contributed by atoms with van der Waals surface area (Å²) in [4.78, 5) is 0. The number of nitrogens with one attached hydrogen (secondary N) is 1. The first-order valence-corrected chi connectivity index (χ1v) is 7.18. The van der Waals surface area contributed by atoms with Crippen LogP contribution in [0.15, 0.2) is 18.2 Å². The van der Waals surface area contributed by atoms with E-state index in [-0.39, 0.29) is 12.1 Å². The Balaban J connectivity index is 1.85. The molecule has 0 amide bonds. The van der Waals surface area contributed by atoms with Crippen molar-refractivity contribution in [1.82, 2.24) is 5.32 Å². The van der Waals surface area contributed by atoms with E-state index in [2.05, 4.69) is 11.6 Å². The standard InChI is InChI=1S/C13H17F2NOS/c1-18-13(4-5-13)8-16-7-12(17)10-3-2-9(14)6-11(10)15/h2-3,6,12,16-17H,4-5,7-8H2,1H3. The molecule has 1 aromatic rings. The number of thioether (sulfide) groups is 1. The van der Waals surface area contributed by atoms with Gasteiger partial charge in [0.1, 0.15) is 11.6 Å². The van der Waals surface area contributed by atoms with Crippen molar-refractivity contribution >= 4 is 11.8 Å². The van der Waals surface area contributed by atoms with Gasteiger partial charge in [-0.25, -0.2) is 8.78 Å². The van der Waals surface area contributed by atoms with Gasteiger partial charge in [0.25, 0.3) is 0 Å². The molecule has 1 aromatic carbocycles. The van der Waals surface area contributed by atoms with Crippen molar-refractivity contribution in [3.8, 4) is 0 Å². The van der Waals surface area contributed by atoms with Crippen LogP contribution >= 0.6 is 11.8 Å². The minimum Gasteiger partial charge on any atom is -0.387 e. The van der Waals surface area contributed by atoms with Crippen molar-refractivity contribution in [2.75, 3.05) is 19.3 Å². The number of halogens is 2. The van der Waals surface area contributed by atoms with Gasteiger partial charge in [0.2, 0.25) is 0 Å². The van der Waals surface area contributed by atoms with Gasteiger partial charge in [0.15, 0.2) is 0 Å². The first-order chi connectivity index (χ1) is 8.56. The SMILES string of the molecule is CSC1(CNCC(O)c2ccc(F)cc2F)CC1. The van der Waals surface area contributed by atoms with Gasteiger partial charge >= 0.3 is 0 Å². The number of benzene rings is 1. The lowest BCUT2D eigenvalue weighted by molar-refractivity contribution is 0.170. The highest BCUT2D eigenvalue weighted by Gasteiger charge is 2.41. The molecule has 1 aliphatic carbocycles. The third-order valence-electron chi connectivity index (χ3n) is 3.35. The van der Waals surface area contributed by atoms with Crippen LogP contribution in [0, 0.1) is 11.6 Å². The van der Waals surface area contributed by atoms with E-state index in [1.807, 2.05) is 11.8 Å². The molecule has 100 valence electrons. The van der Waals surface area contributed by atoms with E-state index in [1.54, 1.807) is 0 Å². The second-order valence-electron chi connectivity index (χ2n) is 4.70. The predicted molar refractivity (Wildman–Crippen MR) is 69.7 cm³/mol. The van der Waals surface area contributed by atoms with Gasteiger partial charge in [-0.05, 0) is 25.2 Å². The normalized spacial score (nSPS) is 18.7. The maximum absolute atomic E-state index is 13.4. The number of aliphatic hydroxyl groups excluding tert-OH is 1. The second kappa shape index (κ2) is 5.55. The minimum atomic E-state index is -0.941. The summed E-state index contributed by atoms with van der Waals surface area (Å²) in [7, 11) is 0. The topological polar surface area (TPSA) is 32.3 Å². The van der Waals surface area contributed by atoms with E-state index >= 15 is 0 Å². The van der Waals surface area contributed by atoms with Gasteiger partial charge in [0, 0.05) is 29.5 Å². The third-order valence-corrected chi connectivity index (χ3v) is 4.77. The maximum Gasteiger partial charge on any atom is 0.131 e. The Morgan fingerprint density at radius 1 is 1.44 bits per heavy atom. The molecular weight excluding hydrogens is 256 g/mol. The zero-order valence-electron chi connectivity index (χ0n) is 10.2. The van der Waals surface area contributed by atoms with Gasteiger partial charge in [-0.1, -0.05) is 6.07 Å². The molecule has 0 radical (unpaired) electrons. The predicted octanol–water partition coefficient (Wildman–Crippen LogP) is 2.48. The molecule has 2 nitrogen and oxygen atoms in total. The van der Waals surface area contributed by atoms with Crippen LogP contribution in [0.3, 0.4) is 0 Å². The van der Waals surface area contributed by atoms with Gasteiger partial charge in [-0.3, -0.25) is 0 Å². The Morgan fingerprint density at radius 2 is 2.17 bits per heavy atom. The molecule has 0 aromatic heterocycles. The van der Waals surface area contributed by atoms with Gasteiger partial charge in [0.05, 0.1) is 6.10 Å². The maximum atomic E-state index is 13.4. The van der Waals surface area contributed by atoms with E-state index < -0.39 is 17.7 Å². The molecule has 5 heteroatoms. The van der Waals surface area contributed by atoms with Crippen molar-refractivity contribution in [3.05, 3.63) is 35.4 Å². The van der Waals surface area contributed by atoms with Crippen LogP contribution in [0.2, 0.25) is 0 Å². The molecule has 1 aliphatic rings. The Kier molecular flexibility index (Phi) is 4.25. The number of rotatable bonds is 6. The van der Waals surface area contributed by atoms with E-state index in [0.717, 1.165) is 18.7 Å². The highest BCUT2D eigenvalue weighted by atomic mass is 32.2. The first-order valence-electron chi connectivity index (χ1n) is 5.95. The minimum absolute atomic E-state index is 0.137. The molecule has 1 atom stereocenters. The zero-order chi connectivity index (χ0) is 13.2. The molecule has 1 saturated carbocycles. The van der Waals surface area contributed by atoms with Gasteiger partial charge in [-0.15, -0.1) is 0 Å². The monoisotopic (exact) mass is 273 g/mol. The fraction of sp³-hybridized carbons (Fsp3) is 0.538. The molecule has 18 heavy (non-hydrogen) atoms. The average molecular weight is 273 g/mol. The van der Waals surface area contributed by atoms with E-state index in [1.165, 1.54) is 18.9 Å². The zero-order valence-corrected chi connectivity index (χ0v) is 11.1. The quantitative estimate of drug-likeness (QED) is 0.835. The lowest BCUT2D eigenvalue weighted by Gasteiger charge is -2.16. The van der Waals surface area contributed by atoms with Crippen molar-refractivity contribution in [2.45, 2.75) is 23.7 Å². The first kappa shape index (κ1) is 13.8. The van der Waals surface area contributed by atoms with E-state index in [9.17, 15) is 13.9 Å². The molecule has 2 N–H and O–H groups in total. The summed E-state index contributed by atoms with van der Waals surface area (Å²) in [5, 5.41) is 13.0. The molecular formula is C13H17F2NOS. The molecule has 0 heterocycles. The Morgan fingerprint density at radius 3 is 2.72 bits per heavy atom. The summed E-state index contributed by atoms with van der Waals surface area (Å²) in [5.74, 6) is -1.33. The lowest BCUT2D eigenvalue weighted by Crippen LogP contribution is -2.30. The molecule has 0 bridgehead atoms. The highest BCUT2D eigenvalue weighted by molar-refractivity contribution is 8.00. The number of aliphatic hydroxyl groups is 1. The highest BCUT2D eigenvalue weighted by Crippen LogP contribution is 2.46. The summed E-state index contributed by atoms with van der Waals surface area (Å²) in [6.45, 7) is 1.10. The van der Waals surface area contributed by atoms with Crippen LogP contribution in [0.4, 0.5) is 8.78 Å². The van der Waals surface area contributed by atoms with E-state index in [0.29, 0.717) is 4.75 Å². The summed E-state index contributed by atoms with van der Waals surface area (Å²) >= 11 is 1.82. The van der Waals surface area contributed by atoms with Crippen molar-refractivity contribution in [1.29, 1.82) is 0 Å². The Bertz CT molecular complexity index is 423. The van der Waals surface area contributed by atoms with Crippen LogP contribution in [0.25, 0.3) is 0 Å². The van der Waals surface area contributed by atoms with Crippen molar-refractivity contribution in [2.24, 2.45) is 0 Å². The number of hydrogen-bond donors (Lipinski definition) is 2. The molecule has 0 saturated heterocycles.